The highest BCUT2D eigenvalue weighted by atomic mass is 19.4. The highest BCUT2D eigenvalue weighted by molar-refractivity contribution is 5.42. The van der Waals surface area contributed by atoms with Crippen molar-refractivity contribution in [2.24, 2.45) is 0 Å². The molecule has 1 aliphatic rings. The van der Waals surface area contributed by atoms with Gasteiger partial charge in [0.2, 0.25) is 0 Å². The predicted molar refractivity (Wildman–Crippen MR) is 112 cm³/mol. The van der Waals surface area contributed by atoms with Crippen LogP contribution in [0.3, 0.4) is 0 Å². The van der Waals surface area contributed by atoms with E-state index in [0.29, 0.717) is 24.6 Å². The summed E-state index contributed by atoms with van der Waals surface area (Å²) in [6, 6.07) is 14.7. The van der Waals surface area contributed by atoms with Gasteiger partial charge in [-0.25, -0.2) is 0 Å². The van der Waals surface area contributed by atoms with Gasteiger partial charge in [0.15, 0.2) is 0 Å². The van der Waals surface area contributed by atoms with E-state index < -0.39 is 17.8 Å². The number of halogens is 3. The van der Waals surface area contributed by atoms with Gasteiger partial charge >= 0.3 is 6.18 Å². The molecule has 2 aromatic carbocycles. The topological polar surface area (TPSA) is 26.6 Å². The number of hydrogen-bond acceptors (Lipinski definition) is 3. The molecule has 0 amide bonds. The molecule has 0 aliphatic carbocycles. The first-order valence-electron chi connectivity index (χ1n) is 10.2. The molecule has 1 unspecified atom stereocenters. The summed E-state index contributed by atoms with van der Waals surface area (Å²) in [5.74, 6) is 1.33. The average molecular weight is 430 g/mol. The molecule has 31 heavy (non-hydrogen) atoms. The maximum atomic E-state index is 13.9. The Morgan fingerprint density at radius 2 is 1.77 bits per heavy atom. The number of aromatic nitrogens is 1. The van der Waals surface area contributed by atoms with Gasteiger partial charge in [-0.3, -0.25) is 4.90 Å². The molecular weight excluding hydrogens is 405 g/mol. The Labute approximate surface area is 179 Å². The number of aryl methyl sites for hydroxylation is 1. The van der Waals surface area contributed by atoms with Gasteiger partial charge in [0.25, 0.3) is 0 Å². The average Bonchev–Trinajstić information content (AvgIpc) is 3.14. The van der Waals surface area contributed by atoms with E-state index in [1.165, 1.54) is 12.1 Å². The summed E-state index contributed by atoms with van der Waals surface area (Å²) in [6.45, 7) is 1.88. The minimum Gasteiger partial charge on any atom is -0.497 e. The van der Waals surface area contributed by atoms with Crippen LogP contribution in [0.2, 0.25) is 0 Å². The first-order valence-corrected chi connectivity index (χ1v) is 10.2. The number of hydrogen-bond donors (Lipinski definition) is 0. The molecule has 0 fully saturated rings. The molecule has 0 saturated heterocycles. The third kappa shape index (κ3) is 4.28. The molecule has 7 heteroatoms. The molecule has 3 aromatic rings. The van der Waals surface area contributed by atoms with Crippen molar-refractivity contribution in [3.8, 4) is 11.5 Å². The maximum Gasteiger partial charge on any atom is 0.416 e. The molecule has 1 aliphatic heterocycles. The number of alkyl halides is 3. The van der Waals surface area contributed by atoms with Gasteiger partial charge in [-0.1, -0.05) is 24.3 Å². The van der Waals surface area contributed by atoms with Crippen LogP contribution >= 0.6 is 0 Å². The van der Waals surface area contributed by atoms with Gasteiger partial charge in [0, 0.05) is 43.2 Å². The number of nitrogens with zero attached hydrogens (tertiary/aromatic N) is 2. The zero-order chi connectivity index (χ0) is 22.0. The quantitative estimate of drug-likeness (QED) is 0.533. The van der Waals surface area contributed by atoms with Crippen molar-refractivity contribution in [3.63, 3.8) is 0 Å². The van der Waals surface area contributed by atoms with Crippen LogP contribution in [-0.2, 0) is 19.3 Å². The predicted octanol–water partition coefficient (Wildman–Crippen LogP) is 5.52. The van der Waals surface area contributed by atoms with Gasteiger partial charge in [-0.2, -0.15) is 13.2 Å². The molecule has 2 heterocycles. The lowest BCUT2D eigenvalue weighted by molar-refractivity contribution is -0.138. The number of fused-ring (bicyclic) bond motifs is 1. The fourth-order valence-corrected chi connectivity index (χ4v) is 4.36. The minimum atomic E-state index is -4.43. The lowest BCUT2D eigenvalue weighted by atomic mass is 9.95. The van der Waals surface area contributed by atoms with Crippen LogP contribution in [0.4, 0.5) is 13.2 Å². The van der Waals surface area contributed by atoms with Gasteiger partial charge in [-0.15, -0.1) is 0 Å². The molecule has 1 aromatic heterocycles. The summed E-state index contributed by atoms with van der Waals surface area (Å²) in [7, 11) is 3.17. The molecule has 164 valence electrons. The van der Waals surface area contributed by atoms with E-state index in [2.05, 4.69) is 9.47 Å². The first-order chi connectivity index (χ1) is 14.9. The SMILES string of the molecule is COc1ccc(CN2CCCn3cccc3C2c2ccccc2C(F)(F)F)c(OC)c1. The Hall–Kier alpha value is -2.93. The molecule has 0 spiro atoms. The van der Waals surface area contributed by atoms with Crippen LogP contribution in [0.1, 0.15) is 34.8 Å². The number of rotatable bonds is 5. The zero-order valence-corrected chi connectivity index (χ0v) is 17.5. The number of benzene rings is 2. The molecule has 1 atom stereocenters. The van der Waals surface area contributed by atoms with Crippen molar-refractivity contribution in [2.45, 2.75) is 31.7 Å². The highest BCUT2D eigenvalue weighted by Gasteiger charge is 2.38. The van der Waals surface area contributed by atoms with E-state index in [4.69, 9.17) is 9.47 Å². The first kappa shape index (κ1) is 21.3. The summed E-state index contributed by atoms with van der Waals surface area (Å²) in [4.78, 5) is 2.10. The largest absolute Gasteiger partial charge is 0.497 e. The smallest absolute Gasteiger partial charge is 0.416 e. The minimum absolute atomic E-state index is 0.268. The molecular formula is C24H25F3N2O2. The fraction of sp³-hybridized carbons (Fsp3) is 0.333. The maximum absolute atomic E-state index is 13.9. The van der Waals surface area contributed by atoms with Crippen LogP contribution in [0, 0.1) is 0 Å². The second-order valence-corrected chi connectivity index (χ2v) is 7.62. The standard InChI is InChI=1S/C24H25F3N2O2/c1-30-18-11-10-17(22(15-18)31-2)16-29-14-6-13-28-12-5-9-21(28)23(29)19-7-3-4-8-20(19)24(25,26)27/h3-5,7-12,15,23H,6,13-14,16H2,1-2H3. The van der Waals surface area contributed by atoms with Gasteiger partial charge in [0.1, 0.15) is 11.5 Å². The number of ether oxygens (including phenoxy) is 2. The summed E-state index contributed by atoms with van der Waals surface area (Å²) < 4.78 is 54.6. The molecule has 0 bridgehead atoms. The monoisotopic (exact) mass is 430 g/mol. The lowest BCUT2D eigenvalue weighted by Crippen LogP contribution is -2.31. The van der Waals surface area contributed by atoms with Crippen LogP contribution in [0.15, 0.2) is 60.8 Å². The Balaban J connectivity index is 1.81. The normalized spacial score (nSPS) is 17.1. The molecule has 4 rings (SSSR count). The van der Waals surface area contributed by atoms with E-state index >= 15 is 0 Å². The fourth-order valence-electron chi connectivity index (χ4n) is 4.36. The summed E-state index contributed by atoms with van der Waals surface area (Å²) >= 11 is 0. The van der Waals surface area contributed by atoms with E-state index in [1.54, 1.807) is 32.4 Å². The third-order valence-corrected chi connectivity index (χ3v) is 5.78. The molecule has 0 N–H and O–H groups in total. The van der Waals surface area contributed by atoms with Crippen molar-refractivity contribution in [2.75, 3.05) is 20.8 Å². The Morgan fingerprint density at radius 1 is 0.968 bits per heavy atom. The van der Waals surface area contributed by atoms with Crippen molar-refractivity contribution in [1.82, 2.24) is 9.47 Å². The van der Waals surface area contributed by atoms with E-state index in [1.807, 2.05) is 30.5 Å². The zero-order valence-electron chi connectivity index (χ0n) is 17.5. The van der Waals surface area contributed by atoms with Crippen molar-refractivity contribution >= 4 is 0 Å². The van der Waals surface area contributed by atoms with E-state index in [-0.39, 0.29) is 5.56 Å². The summed E-state index contributed by atoms with van der Waals surface area (Å²) in [5.41, 5.74) is 1.44. The van der Waals surface area contributed by atoms with Crippen LogP contribution in [0.25, 0.3) is 0 Å². The van der Waals surface area contributed by atoms with E-state index in [9.17, 15) is 13.2 Å². The number of methoxy groups -OCH3 is 2. The Morgan fingerprint density at radius 3 is 2.52 bits per heavy atom. The van der Waals surface area contributed by atoms with Crippen LogP contribution in [0.5, 0.6) is 11.5 Å². The van der Waals surface area contributed by atoms with Crippen molar-refractivity contribution in [3.05, 3.63) is 83.2 Å². The highest BCUT2D eigenvalue weighted by Crippen LogP contribution is 2.41. The second kappa shape index (κ2) is 8.67. The lowest BCUT2D eigenvalue weighted by Gasteiger charge is -2.32. The van der Waals surface area contributed by atoms with Crippen LogP contribution in [-0.4, -0.2) is 30.2 Å². The Bertz CT molecular complexity index is 1050. The summed E-state index contributed by atoms with van der Waals surface area (Å²) in [6.07, 6.45) is -1.65. The van der Waals surface area contributed by atoms with Crippen LogP contribution < -0.4 is 9.47 Å². The van der Waals surface area contributed by atoms with Gasteiger partial charge in [-0.05, 0) is 36.2 Å². The Kier molecular flexibility index (Phi) is 5.96. The van der Waals surface area contributed by atoms with Gasteiger partial charge < -0.3 is 14.0 Å². The molecule has 0 saturated carbocycles. The van der Waals surface area contributed by atoms with Gasteiger partial charge in [0.05, 0.1) is 25.8 Å². The third-order valence-electron chi connectivity index (χ3n) is 5.78. The van der Waals surface area contributed by atoms with Crippen molar-refractivity contribution < 1.29 is 22.6 Å². The van der Waals surface area contributed by atoms with E-state index in [0.717, 1.165) is 24.2 Å². The summed E-state index contributed by atoms with van der Waals surface area (Å²) in [5, 5.41) is 0. The molecule has 0 radical (unpaired) electrons. The van der Waals surface area contributed by atoms with Crippen molar-refractivity contribution in [1.29, 1.82) is 0 Å². The molecule has 4 nitrogen and oxygen atoms in total. The second-order valence-electron chi connectivity index (χ2n) is 7.62.